The van der Waals surface area contributed by atoms with E-state index in [0.29, 0.717) is 5.92 Å². The number of β-amino-alcohol motifs (C(OH)–C–C–N with tert-alkyl or cyclic N) is 1. The number of nitrogens with zero attached hydrogens (tertiary/aromatic N) is 1. The van der Waals surface area contributed by atoms with Gasteiger partial charge in [0.2, 0.25) is 0 Å². The van der Waals surface area contributed by atoms with Gasteiger partial charge in [0.15, 0.2) is 0 Å². The fourth-order valence-electron chi connectivity index (χ4n) is 1.88. The van der Waals surface area contributed by atoms with Crippen LogP contribution in [0, 0.1) is 5.92 Å². The van der Waals surface area contributed by atoms with Crippen LogP contribution in [0.1, 0.15) is 26.7 Å². The predicted octanol–water partition coefficient (Wildman–Crippen LogP) is 1.40. The molecule has 0 saturated carbocycles. The van der Waals surface area contributed by atoms with Crippen molar-refractivity contribution in [3.63, 3.8) is 0 Å². The van der Waals surface area contributed by atoms with Crippen LogP contribution in [-0.2, 0) is 0 Å². The molecule has 13 heavy (non-hydrogen) atoms. The average molecular weight is 203 g/mol. The summed E-state index contributed by atoms with van der Waals surface area (Å²) in [6.07, 6.45) is 2.10. The Hall–Kier alpha value is 0.270. The fraction of sp³-hybridized carbons (Fsp3) is 1.00. The maximum Gasteiger partial charge on any atom is 0.0758 e. The van der Waals surface area contributed by atoms with Crippen LogP contribution in [0.5, 0.6) is 0 Å². The van der Waals surface area contributed by atoms with E-state index in [0.717, 1.165) is 31.8 Å². The zero-order chi connectivity index (χ0) is 9.90. The Morgan fingerprint density at radius 1 is 1.62 bits per heavy atom. The lowest BCUT2D eigenvalue weighted by Gasteiger charge is -2.22. The highest BCUT2D eigenvalue weighted by Gasteiger charge is 2.31. The van der Waals surface area contributed by atoms with Gasteiger partial charge in [0.05, 0.1) is 5.60 Å². The minimum absolute atomic E-state index is 0.450. The van der Waals surface area contributed by atoms with Crippen LogP contribution in [0.4, 0.5) is 0 Å². The topological polar surface area (TPSA) is 23.5 Å². The molecule has 0 bridgehead atoms. The van der Waals surface area contributed by atoms with Gasteiger partial charge in [-0.1, -0.05) is 13.3 Å². The van der Waals surface area contributed by atoms with Crippen molar-refractivity contribution in [2.24, 2.45) is 5.92 Å². The average Bonchev–Trinajstić information content (AvgIpc) is 2.41. The molecule has 3 heteroatoms. The monoisotopic (exact) mass is 203 g/mol. The van der Waals surface area contributed by atoms with E-state index in [9.17, 15) is 5.11 Å². The SMILES string of the molecule is CCC(CS)CN1CCC(C)(O)C1. The predicted molar refractivity (Wildman–Crippen MR) is 59.3 cm³/mol. The molecule has 1 rings (SSSR count). The fourth-order valence-corrected chi connectivity index (χ4v) is 2.25. The van der Waals surface area contributed by atoms with Crippen molar-refractivity contribution in [1.29, 1.82) is 0 Å². The van der Waals surface area contributed by atoms with Crippen molar-refractivity contribution in [2.75, 3.05) is 25.4 Å². The van der Waals surface area contributed by atoms with Crippen molar-refractivity contribution in [3.05, 3.63) is 0 Å². The Morgan fingerprint density at radius 2 is 2.31 bits per heavy atom. The molecule has 1 heterocycles. The van der Waals surface area contributed by atoms with Crippen LogP contribution < -0.4 is 0 Å². The molecule has 2 unspecified atom stereocenters. The Morgan fingerprint density at radius 3 is 2.69 bits per heavy atom. The highest BCUT2D eigenvalue weighted by molar-refractivity contribution is 7.80. The molecule has 78 valence electrons. The lowest BCUT2D eigenvalue weighted by atomic mass is 10.1. The Balaban J connectivity index is 2.31. The van der Waals surface area contributed by atoms with Gasteiger partial charge in [0.1, 0.15) is 0 Å². The van der Waals surface area contributed by atoms with E-state index in [1.165, 1.54) is 6.42 Å². The van der Waals surface area contributed by atoms with Crippen LogP contribution >= 0.6 is 12.6 Å². The number of hydrogen-bond acceptors (Lipinski definition) is 3. The van der Waals surface area contributed by atoms with Gasteiger partial charge >= 0.3 is 0 Å². The largest absolute Gasteiger partial charge is 0.389 e. The molecular weight excluding hydrogens is 182 g/mol. The molecule has 0 radical (unpaired) electrons. The molecule has 0 aliphatic carbocycles. The first-order chi connectivity index (χ1) is 6.07. The Bertz CT molecular complexity index is 157. The second-order valence-corrected chi connectivity index (χ2v) is 4.80. The smallest absolute Gasteiger partial charge is 0.0758 e. The number of likely N-dealkylation sites (tertiary alicyclic amines) is 1. The lowest BCUT2D eigenvalue weighted by molar-refractivity contribution is 0.0670. The third-order valence-electron chi connectivity index (χ3n) is 2.88. The lowest BCUT2D eigenvalue weighted by Crippen LogP contribution is -2.33. The van der Waals surface area contributed by atoms with Crippen LogP contribution in [-0.4, -0.2) is 41.0 Å². The second kappa shape index (κ2) is 4.67. The van der Waals surface area contributed by atoms with Gasteiger partial charge in [-0.3, -0.25) is 0 Å². The van der Waals surface area contributed by atoms with Crippen molar-refractivity contribution < 1.29 is 5.11 Å². The van der Waals surface area contributed by atoms with Crippen molar-refractivity contribution in [3.8, 4) is 0 Å². The number of hydrogen-bond donors (Lipinski definition) is 2. The molecule has 1 N–H and O–H groups in total. The first-order valence-corrected chi connectivity index (χ1v) is 5.76. The van der Waals surface area contributed by atoms with E-state index in [-0.39, 0.29) is 0 Å². The molecule has 1 aliphatic heterocycles. The van der Waals surface area contributed by atoms with Gasteiger partial charge in [0, 0.05) is 19.6 Å². The first kappa shape index (κ1) is 11.3. The molecule has 0 amide bonds. The number of aliphatic hydroxyl groups is 1. The van der Waals surface area contributed by atoms with Gasteiger partial charge in [-0.25, -0.2) is 0 Å². The molecule has 2 nitrogen and oxygen atoms in total. The highest BCUT2D eigenvalue weighted by atomic mass is 32.1. The summed E-state index contributed by atoms with van der Waals surface area (Å²) in [4.78, 5) is 2.35. The zero-order valence-electron chi connectivity index (χ0n) is 8.66. The molecule has 1 saturated heterocycles. The molecule has 1 aliphatic rings. The van der Waals surface area contributed by atoms with E-state index in [2.05, 4.69) is 24.5 Å². The van der Waals surface area contributed by atoms with E-state index >= 15 is 0 Å². The molecular formula is C10H21NOS. The Labute approximate surface area is 86.7 Å². The van der Waals surface area contributed by atoms with Crippen LogP contribution in [0.15, 0.2) is 0 Å². The normalized spacial score (nSPS) is 32.3. The van der Waals surface area contributed by atoms with Gasteiger partial charge < -0.3 is 10.0 Å². The first-order valence-electron chi connectivity index (χ1n) is 5.13. The molecule has 2 atom stereocenters. The van der Waals surface area contributed by atoms with E-state index in [1.54, 1.807) is 0 Å². The Kier molecular flexibility index (Phi) is 4.07. The second-order valence-electron chi connectivity index (χ2n) is 4.44. The standard InChI is InChI=1S/C10H21NOS/c1-3-9(7-13)6-11-5-4-10(2,12)8-11/h9,12-13H,3-8H2,1-2H3. The van der Waals surface area contributed by atoms with E-state index in [4.69, 9.17) is 0 Å². The summed E-state index contributed by atoms with van der Waals surface area (Å²) in [6, 6.07) is 0. The van der Waals surface area contributed by atoms with Gasteiger partial charge in [-0.05, 0) is 25.0 Å². The van der Waals surface area contributed by atoms with Crippen molar-refractivity contribution in [1.82, 2.24) is 4.90 Å². The van der Waals surface area contributed by atoms with E-state index < -0.39 is 5.60 Å². The van der Waals surface area contributed by atoms with Crippen molar-refractivity contribution >= 4 is 12.6 Å². The summed E-state index contributed by atoms with van der Waals surface area (Å²) in [5, 5.41) is 9.76. The molecule has 0 spiro atoms. The third-order valence-corrected chi connectivity index (χ3v) is 3.40. The summed E-state index contributed by atoms with van der Waals surface area (Å²) in [5.74, 6) is 1.63. The molecule has 0 aromatic rings. The minimum atomic E-state index is -0.450. The summed E-state index contributed by atoms with van der Waals surface area (Å²) in [7, 11) is 0. The van der Waals surface area contributed by atoms with Gasteiger partial charge in [0.25, 0.3) is 0 Å². The molecule has 0 aromatic heterocycles. The van der Waals surface area contributed by atoms with Gasteiger partial charge in [-0.15, -0.1) is 0 Å². The van der Waals surface area contributed by atoms with Gasteiger partial charge in [-0.2, -0.15) is 12.6 Å². The van der Waals surface area contributed by atoms with Crippen molar-refractivity contribution in [2.45, 2.75) is 32.3 Å². The summed E-state index contributed by atoms with van der Waals surface area (Å²) < 4.78 is 0. The quantitative estimate of drug-likeness (QED) is 0.675. The van der Waals surface area contributed by atoms with Crippen LogP contribution in [0.25, 0.3) is 0 Å². The third kappa shape index (κ3) is 3.49. The molecule has 1 fully saturated rings. The summed E-state index contributed by atoms with van der Waals surface area (Å²) >= 11 is 4.32. The van der Waals surface area contributed by atoms with Crippen LogP contribution in [0.2, 0.25) is 0 Å². The maximum atomic E-state index is 9.76. The highest BCUT2D eigenvalue weighted by Crippen LogP contribution is 2.21. The maximum absolute atomic E-state index is 9.76. The number of thiol groups is 1. The number of rotatable bonds is 4. The zero-order valence-corrected chi connectivity index (χ0v) is 9.56. The van der Waals surface area contributed by atoms with Crippen LogP contribution in [0.3, 0.4) is 0 Å². The summed E-state index contributed by atoms with van der Waals surface area (Å²) in [6.45, 7) is 7.09. The molecule has 0 aromatic carbocycles. The summed E-state index contributed by atoms with van der Waals surface area (Å²) in [5.41, 5.74) is -0.450. The van der Waals surface area contributed by atoms with E-state index in [1.807, 2.05) is 6.92 Å². The minimum Gasteiger partial charge on any atom is -0.389 e.